The van der Waals surface area contributed by atoms with E-state index in [1.807, 2.05) is 0 Å². The molecule has 3 nitrogen and oxygen atoms in total. The van der Waals surface area contributed by atoms with Crippen LogP contribution in [0.4, 0.5) is 0 Å². The maximum absolute atomic E-state index is 3.53. The Morgan fingerprint density at radius 3 is 2.05 bits per heavy atom. The Labute approximate surface area is 126 Å². The highest BCUT2D eigenvalue weighted by Gasteiger charge is 2.41. The molecular formula is C17H35N3. The fourth-order valence-electron chi connectivity index (χ4n) is 4.44. The van der Waals surface area contributed by atoms with Gasteiger partial charge in [-0.2, -0.15) is 0 Å². The average molecular weight is 281 g/mol. The first-order valence-corrected chi connectivity index (χ1v) is 8.59. The molecule has 20 heavy (non-hydrogen) atoms. The third-order valence-electron chi connectivity index (χ3n) is 5.85. The van der Waals surface area contributed by atoms with Gasteiger partial charge in [-0.1, -0.05) is 13.3 Å². The van der Waals surface area contributed by atoms with Crippen LogP contribution in [0.25, 0.3) is 0 Å². The van der Waals surface area contributed by atoms with Gasteiger partial charge in [0.15, 0.2) is 0 Å². The summed E-state index contributed by atoms with van der Waals surface area (Å²) in [4.78, 5) is 5.11. The zero-order valence-electron chi connectivity index (χ0n) is 14.2. The molecule has 0 aromatic rings. The molecule has 0 amide bonds. The van der Waals surface area contributed by atoms with Crippen molar-refractivity contribution in [3.63, 3.8) is 0 Å². The van der Waals surface area contributed by atoms with Crippen molar-refractivity contribution in [3.8, 4) is 0 Å². The van der Waals surface area contributed by atoms with Crippen LogP contribution in [0.2, 0.25) is 0 Å². The predicted molar refractivity (Wildman–Crippen MR) is 87.2 cm³/mol. The van der Waals surface area contributed by atoms with Crippen LogP contribution >= 0.6 is 0 Å². The molecule has 2 fully saturated rings. The molecule has 2 rings (SSSR count). The van der Waals surface area contributed by atoms with E-state index in [4.69, 9.17) is 0 Å². The van der Waals surface area contributed by atoms with Crippen molar-refractivity contribution in [2.45, 2.75) is 57.4 Å². The number of rotatable bonds is 7. The van der Waals surface area contributed by atoms with Crippen LogP contribution in [-0.2, 0) is 0 Å². The largest absolute Gasteiger partial charge is 0.317 e. The lowest BCUT2D eigenvalue weighted by Crippen LogP contribution is -2.58. The maximum atomic E-state index is 3.53. The van der Waals surface area contributed by atoms with Crippen LogP contribution in [0, 0.1) is 5.41 Å². The second kappa shape index (κ2) is 6.76. The highest BCUT2D eigenvalue weighted by atomic mass is 15.2. The highest BCUT2D eigenvalue weighted by molar-refractivity contribution is 4.99. The first-order valence-electron chi connectivity index (χ1n) is 8.59. The molecule has 1 saturated heterocycles. The Kier molecular flexibility index (Phi) is 5.49. The summed E-state index contributed by atoms with van der Waals surface area (Å²) in [5.74, 6) is 0. The van der Waals surface area contributed by atoms with E-state index < -0.39 is 0 Å². The Morgan fingerprint density at radius 2 is 1.60 bits per heavy atom. The molecule has 0 spiro atoms. The summed E-state index contributed by atoms with van der Waals surface area (Å²) in [6, 6.07) is 0. The minimum absolute atomic E-state index is 0.467. The van der Waals surface area contributed by atoms with Crippen LogP contribution in [0.3, 0.4) is 0 Å². The van der Waals surface area contributed by atoms with Crippen molar-refractivity contribution in [1.29, 1.82) is 0 Å². The fourth-order valence-corrected chi connectivity index (χ4v) is 4.44. The maximum Gasteiger partial charge on any atom is 0.0330 e. The summed E-state index contributed by atoms with van der Waals surface area (Å²) in [7, 11) is 6.88. The lowest BCUT2D eigenvalue weighted by Gasteiger charge is -2.51. The van der Waals surface area contributed by atoms with Crippen molar-refractivity contribution >= 4 is 0 Å². The first-order chi connectivity index (χ1) is 9.52. The van der Waals surface area contributed by atoms with Gasteiger partial charge in [0.2, 0.25) is 0 Å². The molecule has 1 heterocycles. The van der Waals surface area contributed by atoms with E-state index in [-0.39, 0.29) is 0 Å². The predicted octanol–water partition coefficient (Wildman–Crippen LogP) is 2.57. The molecule has 1 aliphatic heterocycles. The van der Waals surface area contributed by atoms with Crippen LogP contribution in [0.5, 0.6) is 0 Å². The smallest absolute Gasteiger partial charge is 0.0330 e. The van der Waals surface area contributed by atoms with Gasteiger partial charge in [0.1, 0.15) is 0 Å². The summed E-state index contributed by atoms with van der Waals surface area (Å²) in [6.07, 6.45) is 9.62. The lowest BCUT2D eigenvalue weighted by molar-refractivity contribution is 0.00953. The Balaban J connectivity index is 1.92. The summed E-state index contributed by atoms with van der Waals surface area (Å²) in [6.45, 7) is 7.31. The van der Waals surface area contributed by atoms with E-state index in [1.54, 1.807) is 0 Å². The van der Waals surface area contributed by atoms with Gasteiger partial charge in [0.25, 0.3) is 0 Å². The lowest BCUT2D eigenvalue weighted by atomic mass is 9.73. The Hall–Kier alpha value is -0.120. The van der Waals surface area contributed by atoms with Gasteiger partial charge in [0.05, 0.1) is 0 Å². The van der Waals surface area contributed by atoms with Crippen LogP contribution < -0.4 is 5.32 Å². The molecular weight excluding hydrogens is 246 g/mol. The van der Waals surface area contributed by atoms with Gasteiger partial charge in [-0.3, -0.25) is 0 Å². The summed E-state index contributed by atoms with van der Waals surface area (Å²) in [5.41, 5.74) is 1.04. The number of hydrogen-bond acceptors (Lipinski definition) is 3. The molecule has 0 aromatic carbocycles. The topological polar surface area (TPSA) is 18.5 Å². The zero-order valence-corrected chi connectivity index (χ0v) is 14.2. The van der Waals surface area contributed by atoms with E-state index in [1.165, 1.54) is 71.1 Å². The third kappa shape index (κ3) is 3.55. The third-order valence-corrected chi connectivity index (χ3v) is 5.85. The van der Waals surface area contributed by atoms with Gasteiger partial charge in [0, 0.05) is 18.6 Å². The second-order valence-corrected chi connectivity index (χ2v) is 7.64. The van der Waals surface area contributed by atoms with E-state index >= 15 is 0 Å². The minimum atomic E-state index is 0.467. The summed E-state index contributed by atoms with van der Waals surface area (Å²) >= 11 is 0. The van der Waals surface area contributed by atoms with Gasteiger partial charge < -0.3 is 15.1 Å². The average Bonchev–Trinajstić information content (AvgIpc) is 2.34. The van der Waals surface area contributed by atoms with Crippen LogP contribution in [0.15, 0.2) is 0 Å². The van der Waals surface area contributed by atoms with Crippen LogP contribution in [-0.4, -0.2) is 62.7 Å². The van der Waals surface area contributed by atoms with E-state index in [9.17, 15) is 0 Å². The molecule has 118 valence electrons. The molecule has 0 radical (unpaired) electrons. The van der Waals surface area contributed by atoms with Crippen molar-refractivity contribution < 1.29 is 0 Å². The Morgan fingerprint density at radius 1 is 0.950 bits per heavy atom. The monoisotopic (exact) mass is 281 g/mol. The number of nitrogens with one attached hydrogen (secondary N) is 1. The fraction of sp³-hybridized carbons (Fsp3) is 1.00. The molecule has 3 heteroatoms. The quantitative estimate of drug-likeness (QED) is 0.774. The number of piperidine rings is 1. The Bertz CT molecular complexity index is 285. The molecule has 1 saturated carbocycles. The standard InChI is InChI=1S/C17H35N3/c1-5-7-16(10-12-18-13-11-16)14-20(4)15-17(19(2)3)8-6-9-17/h18H,5-15H2,1-4H3. The molecule has 0 atom stereocenters. The number of likely N-dealkylation sites (N-methyl/N-ethyl adjacent to an activating group) is 2. The number of nitrogens with zero attached hydrogens (tertiary/aromatic N) is 2. The van der Waals surface area contributed by atoms with Crippen molar-refractivity contribution in [2.75, 3.05) is 47.3 Å². The van der Waals surface area contributed by atoms with E-state index in [0.717, 1.165) is 0 Å². The van der Waals surface area contributed by atoms with E-state index in [0.29, 0.717) is 11.0 Å². The SMILES string of the molecule is CCCC1(CN(C)CC2(N(C)C)CCC2)CCNCC1. The molecule has 0 aromatic heterocycles. The zero-order chi connectivity index (χ0) is 14.6. The molecule has 0 unspecified atom stereocenters. The molecule has 1 aliphatic carbocycles. The second-order valence-electron chi connectivity index (χ2n) is 7.64. The summed E-state index contributed by atoms with van der Waals surface area (Å²) < 4.78 is 0. The van der Waals surface area contributed by atoms with Gasteiger partial charge in [-0.05, 0) is 78.2 Å². The highest BCUT2D eigenvalue weighted by Crippen LogP contribution is 2.39. The van der Waals surface area contributed by atoms with Gasteiger partial charge in [-0.15, -0.1) is 0 Å². The van der Waals surface area contributed by atoms with Gasteiger partial charge in [-0.25, -0.2) is 0 Å². The molecule has 1 N–H and O–H groups in total. The van der Waals surface area contributed by atoms with Crippen molar-refractivity contribution in [1.82, 2.24) is 15.1 Å². The first kappa shape index (κ1) is 16.3. The van der Waals surface area contributed by atoms with Crippen LogP contribution in [0.1, 0.15) is 51.9 Å². The van der Waals surface area contributed by atoms with E-state index in [2.05, 4.69) is 43.2 Å². The van der Waals surface area contributed by atoms with Crippen molar-refractivity contribution in [3.05, 3.63) is 0 Å². The normalized spacial score (nSPS) is 24.9. The minimum Gasteiger partial charge on any atom is -0.317 e. The number of hydrogen-bond donors (Lipinski definition) is 1. The molecule has 2 aliphatic rings. The van der Waals surface area contributed by atoms with Gasteiger partial charge >= 0.3 is 0 Å². The summed E-state index contributed by atoms with van der Waals surface area (Å²) in [5, 5.41) is 3.53. The molecule has 0 bridgehead atoms. The van der Waals surface area contributed by atoms with Crippen molar-refractivity contribution in [2.24, 2.45) is 5.41 Å².